The molecule has 0 unspecified atom stereocenters. The zero-order chi connectivity index (χ0) is 17.1. The first-order valence-electron chi connectivity index (χ1n) is 6.40. The Morgan fingerprint density at radius 1 is 1.14 bits per heavy atom. The standard InChI is InChI=1S/C13H15NO5.C2H5N/c1-8(15)18-11-5-3-10(4-6-13(14)17)7-12(11)19-9(2)16;1-2-3/h3,5,7H,4,6H2,1-2H3,(H2,14,17);2H,1,3H2. The van der Waals surface area contributed by atoms with E-state index >= 15 is 0 Å². The highest BCUT2D eigenvalue weighted by Gasteiger charge is 2.11. The maximum absolute atomic E-state index is 11.0. The Bertz CT molecular complexity index is 555. The summed E-state index contributed by atoms with van der Waals surface area (Å²) in [5, 5.41) is 0. The van der Waals surface area contributed by atoms with Crippen molar-refractivity contribution in [2.75, 3.05) is 0 Å². The summed E-state index contributed by atoms with van der Waals surface area (Å²) in [5.74, 6) is -1.16. The van der Waals surface area contributed by atoms with Crippen molar-refractivity contribution < 1.29 is 23.9 Å². The fourth-order valence-electron chi connectivity index (χ4n) is 1.45. The lowest BCUT2D eigenvalue weighted by Crippen LogP contribution is -2.11. The van der Waals surface area contributed by atoms with Crippen LogP contribution >= 0.6 is 0 Å². The molecule has 1 amide bonds. The number of aryl methyl sites for hydroxylation is 1. The van der Waals surface area contributed by atoms with Gasteiger partial charge in [-0.1, -0.05) is 12.6 Å². The average Bonchev–Trinajstić information content (AvgIpc) is 2.38. The second-order valence-corrected chi connectivity index (χ2v) is 4.17. The number of hydrogen-bond donors (Lipinski definition) is 2. The van der Waals surface area contributed by atoms with E-state index in [0.29, 0.717) is 6.42 Å². The van der Waals surface area contributed by atoms with E-state index in [2.05, 4.69) is 12.3 Å². The molecule has 4 N–H and O–H groups in total. The number of nitrogens with two attached hydrogens (primary N) is 2. The number of rotatable bonds is 5. The summed E-state index contributed by atoms with van der Waals surface area (Å²) >= 11 is 0. The number of hydrogen-bond acceptors (Lipinski definition) is 6. The van der Waals surface area contributed by atoms with Gasteiger partial charge in [0.05, 0.1) is 0 Å². The van der Waals surface area contributed by atoms with Gasteiger partial charge < -0.3 is 20.9 Å². The first kappa shape index (κ1) is 19.2. The second kappa shape index (κ2) is 9.98. The highest BCUT2D eigenvalue weighted by atomic mass is 16.6. The normalized spacial score (nSPS) is 9.00. The molecule has 0 saturated heterocycles. The Balaban J connectivity index is 0.00000135. The third-order valence-electron chi connectivity index (χ3n) is 2.18. The Hall–Kier alpha value is -2.83. The molecule has 7 nitrogen and oxygen atoms in total. The summed E-state index contributed by atoms with van der Waals surface area (Å²) in [6.07, 6.45) is 1.86. The third-order valence-corrected chi connectivity index (χ3v) is 2.18. The van der Waals surface area contributed by atoms with Gasteiger partial charge in [0.15, 0.2) is 11.5 Å². The lowest BCUT2D eigenvalue weighted by atomic mass is 10.1. The smallest absolute Gasteiger partial charge is 0.308 e. The predicted molar refractivity (Wildman–Crippen MR) is 81.0 cm³/mol. The van der Waals surface area contributed by atoms with Crippen molar-refractivity contribution in [3.63, 3.8) is 0 Å². The number of benzene rings is 1. The highest BCUT2D eigenvalue weighted by molar-refractivity contribution is 5.75. The van der Waals surface area contributed by atoms with E-state index < -0.39 is 17.8 Å². The number of esters is 2. The molecule has 120 valence electrons. The molecular formula is C15H20N2O5. The largest absolute Gasteiger partial charge is 0.423 e. The monoisotopic (exact) mass is 308 g/mol. The zero-order valence-corrected chi connectivity index (χ0v) is 12.6. The molecule has 0 aromatic heterocycles. The van der Waals surface area contributed by atoms with Crippen LogP contribution in [0.1, 0.15) is 25.8 Å². The van der Waals surface area contributed by atoms with Gasteiger partial charge in [-0.2, -0.15) is 0 Å². The van der Waals surface area contributed by atoms with Gasteiger partial charge in [-0.05, 0) is 30.3 Å². The molecule has 0 heterocycles. The molecular weight excluding hydrogens is 288 g/mol. The van der Waals surface area contributed by atoms with Crippen LogP contribution in [0.2, 0.25) is 0 Å². The highest BCUT2D eigenvalue weighted by Crippen LogP contribution is 2.29. The van der Waals surface area contributed by atoms with Crippen molar-refractivity contribution in [3.05, 3.63) is 36.5 Å². The summed E-state index contributed by atoms with van der Waals surface area (Å²) in [6.45, 7) is 5.63. The van der Waals surface area contributed by atoms with Crippen molar-refractivity contribution in [1.82, 2.24) is 0 Å². The molecule has 0 radical (unpaired) electrons. The fourth-order valence-corrected chi connectivity index (χ4v) is 1.45. The Morgan fingerprint density at radius 2 is 1.64 bits per heavy atom. The average molecular weight is 308 g/mol. The van der Waals surface area contributed by atoms with Crippen molar-refractivity contribution >= 4 is 17.8 Å². The Kier molecular flexibility index (Phi) is 8.69. The molecule has 0 fully saturated rings. The van der Waals surface area contributed by atoms with Gasteiger partial charge >= 0.3 is 11.9 Å². The van der Waals surface area contributed by atoms with Crippen LogP contribution in [-0.4, -0.2) is 17.8 Å². The van der Waals surface area contributed by atoms with E-state index in [1.807, 2.05) is 0 Å². The van der Waals surface area contributed by atoms with Gasteiger partial charge in [-0.15, -0.1) is 0 Å². The molecule has 0 aliphatic rings. The van der Waals surface area contributed by atoms with E-state index in [9.17, 15) is 14.4 Å². The van der Waals surface area contributed by atoms with Crippen LogP contribution in [-0.2, 0) is 20.8 Å². The number of amides is 1. The first-order valence-corrected chi connectivity index (χ1v) is 6.40. The van der Waals surface area contributed by atoms with Crippen molar-refractivity contribution in [2.24, 2.45) is 11.5 Å². The molecule has 0 bridgehead atoms. The lowest BCUT2D eigenvalue weighted by molar-refractivity contribution is -0.134. The maximum atomic E-state index is 11.0. The van der Waals surface area contributed by atoms with Crippen LogP contribution in [0, 0.1) is 0 Å². The zero-order valence-electron chi connectivity index (χ0n) is 12.6. The van der Waals surface area contributed by atoms with E-state index in [4.69, 9.17) is 15.2 Å². The van der Waals surface area contributed by atoms with Gasteiger partial charge in [0, 0.05) is 20.3 Å². The summed E-state index contributed by atoms with van der Waals surface area (Å²) in [6, 6.07) is 4.73. The molecule has 0 aliphatic carbocycles. The molecule has 1 aromatic rings. The second-order valence-electron chi connectivity index (χ2n) is 4.17. The van der Waals surface area contributed by atoms with Crippen LogP contribution in [0.3, 0.4) is 0 Å². The van der Waals surface area contributed by atoms with Gasteiger partial charge in [0.1, 0.15) is 0 Å². The molecule has 0 spiro atoms. The summed E-state index contributed by atoms with van der Waals surface area (Å²) in [5.41, 5.74) is 10.4. The number of carbonyl (C=O) groups excluding carboxylic acids is 3. The topological polar surface area (TPSA) is 122 Å². The maximum Gasteiger partial charge on any atom is 0.308 e. The summed E-state index contributed by atoms with van der Waals surface area (Å²) in [4.78, 5) is 32.6. The van der Waals surface area contributed by atoms with Crippen LogP contribution < -0.4 is 20.9 Å². The minimum atomic E-state index is -0.527. The van der Waals surface area contributed by atoms with Crippen LogP contribution in [0.15, 0.2) is 31.0 Å². The van der Waals surface area contributed by atoms with Crippen LogP contribution in [0.4, 0.5) is 0 Å². The van der Waals surface area contributed by atoms with Crippen molar-refractivity contribution in [2.45, 2.75) is 26.7 Å². The Morgan fingerprint density at radius 3 is 2.09 bits per heavy atom. The fraction of sp³-hybridized carbons (Fsp3) is 0.267. The molecule has 7 heteroatoms. The molecule has 0 aliphatic heterocycles. The van der Waals surface area contributed by atoms with E-state index in [-0.39, 0.29) is 17.9 Å². The van der Waals surface area contributed by atoms with E-state index in [0.717, 1.165) is 5.56 Å². The molecule has 1 rings (SSSR count). The van der Waals surface area contributed by atoms with Crippen LogP contribution in [0.5, 0.6) is 11.5 Å². The summed E-state index contributed by atoms with van der Waals surface area (Å²) in [7, 11) is 0. The number of carbonyl (C=O) groups is 3. The predicted octanol–water partition coefficient (Wildman–Crippen LogP) is 1.04. The SMILES string of the molecule is C=CN.CC(=O)Oc1ccc(CCC(N)=O)cc1OC(C)=O. The van der Waals surface area contributed by atoms with E-state index in [1.54, 1.807) is 12.1 Å². The van der Waals surface area contributed by atoms with Gasteiger partial charge in [-0.25, -0.2) is 0 Å². The van der Waals surface area contributed by atoms with Crippen LogP contribution in [0.25, 0.3) is 0 Å². The summed E-state index contributed by atoms with van der Waals surface area (Å²) < 4.78 is 9.88. The Labute approximate surface area is 128 Å². The van der Waals surface area contributed by atoms with Crippen molar-refractivity contribution in [1.29, 1.82) is 0 Å². The molecule has 0 atom stereocenters. The quantitative estimate of drug-likeness (QED) is 0.619. The third kappa shape index (κ3) is 8.36. The molecule has 22 heavy (non-hydrogen) atoms. The minimum Gasteiger partial charge on any atom is -0.423 e. The van der Waals surface area contributed by atoms with Gasteiger partial charge in [0.25, 0.3) is 0 Å². The molecule has 0 saturated carbocycles. The first-order chi connectivity index (χ1) is 10.3. The van der Waals surface area contributed by atoms with E-state index in [1.165, 1.54) is 26.1 Å². The minimum absolute atomic E-state index is 0.143. The van der Waals surface area contributed by atoms with Crippen molar-refractivity contribution in [3.8, 4) is 11.5 Å². The lowest BCUT2D eigenvalue weighted by Gasteiger charge is -2.10. The van der Waals surface area contributed by atoms with Gasteiger partial charge in [0.2, 0.25) is 5.91 Å². The van der Waals surface area contributed by atoms with Gasteiger partial charge in [-0.3, -0.25) is 14.4 Å². The molecule has 1 aromatic carbocycles. The number of ether oxygens (including phenoxy) is 2. The number of primary amides is 1.